The fourth-order valence-corrected chi connectivity index (χ4v) is 10.4. The van der Waals surface area contributed by atoms with Gasteiger partial charge in [-0.05, 0) is 82.9 Å². The topological polar surface area (TPSA) is 30.9 Å². The van der Waals surface area contributed by atoms with E-state index in [1.54, 1.807) is 0 Å². The summed E-state index contributed by atoms with van der Waals surface area (Å²) in [5.74, 6) is 0.931. The Labute approximate surface area is 322 Å². The third kappa shape index (κ3) is 3.58. The molecule has 0 N–H and O–H groups in total. The third-order valence-electron chi connectivity index (χ3n) is 12.6. The molecule has 0 bridgehead atoms. The van der Waals surface area contributed by atoms with E-state index < -0.39 is 5.54 Å². The number of hydrogen-bond acceptors (Lipinski definition) is 2. The van der Waals surface area contributed by atoms with Crippen molar-refractivity contribution in [2.45, 2.75) is 5.54 Å². The van der Waals surface area contributed by atoms with Gasteiger partial charge in [-0.1, -0.05) is 121 Å². The number of aromatic nitrogens is 4. The normalized spacial score (nSPS) is 13.9. The molecule has 13 rings (SSSR count). The Morgan fingerprint density at radius 3 is 1.54 bits per heavy atom. The zero-order valence-corrected chi connectivity index (χ0v) is 30.6. The number of fused-ring (bicyclic) bond motifs is 17. The van der Waals surface area contributed by atoms with Crippen molar-refractivity contribution in [1.29, 1.82) is 0 Å². The maximum atomic E-state index is 5.35. The summed E-state index contributed by atoms with van der Waals surface area (Å²) in [6, 6.07) is 66.8. The number of anilines is 2. The van der Waals surface area contributed by atoms with Crippen LogP contribution in [0.2, 0.25) is 0 Å². The lowest BCUT2D eigenvalue weighted by molar-refractivity contribution is 0.530. The second-order valence-corrected chi connectivity index (χ2v) is 15.2. The van der Waals surface area contributed by atoms with E-state index in [4.69, 9.17) is 4.98 Å². The minimum absolute atomic E-state index is 0.600. The third-order valence-corrected chi connectivity index (χ3v) is 12.6. The molecule has 56 heavy (non-hydrogen) atoms. The zero-order valence-electron chi connectivity index (χ0n) is 30.6. The molecular formula is C51H33N5. The maximum absolute atomic E-state index is 5.35. The number of benzene rings is 8. The molecule has 0 radical (unpaired) electrons. The molecule has 5 heteroatoms. The summed E-state index contributed by atoms with van der Waals surface area (Å²) < 4.78 is 7.34. The molecule has 5 nitrogen and oxygen atoms in total. The van der Waals surface area contributed by atoms with Crippen molar-refractivity contribution < 1.29 is 0 Å². The van der Waals surface area contributed by atoms with E-state index in [2.05, 4.69) is 208 Å². The number of hydrogen-bond donors (Lipinski definition) is 0. The first-order valence-corrected chi connectivity index (χ1v) is 19.3. The molecule has 0 saturated carbocycles. The van der Waals surface area contributed by atoms with Crippen molar-refractivity contribution in [2.75, 3.05) is 11.9 Å². The molecule has 0 amide bonds. The van der Waals surface area contributed by atoms with Crippen LogP contribution in [0, 0.1) is 0 Å². The van der Waals surface area contributed by atoms with Crippen molar-refractivity contribution in [2.24, 2.45) is 0 Å². The maximum Gasteiger partial charge on any atom is 0.212 e. The Hall–Kier alpha value is -7.37. The van der Waals surface area contributed by atoms with E-state index >= 15 is 0 Å². The summed E-state index contributed by atoms with van der Waals surface area (Å²) in [5.41, 5.74) is 16.0. The molecule has 8 aromatic carbocycles. The molecule has 1 aliphatic carbocycles. The number of nitrogens with zero attached hydrogens (tertiary/aromatic N) is 5. The monoisotopic (exact) mass is 715 g/mol. The highest BCUT2D eigenvalue weighted by molar-refractivity contribution is 6.12. The summed E-state index contributed by atoms with van der Waals surface area (Å²) in [5, 5.41) is 4.99. The Morgan fingerprint density at radius 1 is 0.411 bits per heavy atom. The number of para-hydroxylation sites is 5. The van der Waals surface area contributed by atoms with Crippen LogP contribution in [0.25, 0.3) is 77.1 Å². The summed E-state index contributed by atoms with van der Waals surface area (Å²) in [4.78, 5) is 7.64. The van der Waals surface area contributed by atoms with Gasteiger partial charge in [-0.25, -0.2) is 4.98 Å². The van der Waals surface area contributed by atoms with E-state index in [9.17, 15) is 0 Å². The molecule has 3 aromatic heterocycles. The van der Waals surface area contributed by atoms with Crippen molar-refractivity contribution >= 4 is 66.3 Å². The van der Waals surface area contributed by atoms with Crippen LogP contribution in [0.4, 0.5) is 11.6 Å². The fraction of sp³-hybridized carbons (Fsp3) is 0.0392. The molecular weight excluding hydrogens is 683 g/mol. The van der Waals surface area contributed by atoms with E-state index in [0.717, 1.165) is 34.0 Å². The van der Waals surface area contributed by atoms with Crippen molar-refractivity contribution in [3.63, 3.8) is 0 Å². The molecule has 1 aliphatic heterocycles. The Balaban J connectivity index is 1.08. The van der Waals surface area contributed by atoms with Crippen LogP contribution >= 0.6 is 0 Å². The highest BCUT2D eigenvalue weighted by atomic mass is 15.4. The second kappa shape index (κ2) is 10.6. The van der Waals surface area contributed by atoms with Gasteiger partial charge in [0, 0.05) is 45.5 Å². The standard InChI is InChI=1S/C51H33N5/c1-53-49-31-33(26-28-42(49)51(56-48-25-13-9-21-43(48)52-50(53)56)40-19-7-2-14-34(40)35-15-3-8-20-41(35)51)55-46-24-12-6-18-38(46)39-30-32(27-29-47(39)55)54-44-22-10-4-16-36(44)37-17-5-11-23-45(37)54/h2-31H,1H3. The quantitative estimate of drug-likeness (QED) is 0.178. The second-order valence-electron chi connectivity index (χ2n) is 15.2. The molecule has 11 aromatic rings. The van der Waals surface area contributed by atoms with Crippen LogP contribution in [0.3, 0.4) is 0 Å². The summed E-state index contributed by atoms with van der Waals surface area (Å²) >= 11 is 0. The van der Waals surface area contributed by atoms with Crippen LogP contribution in [-0.2, 0) is 5.54 Å². The highest BCUT2D eigenvalue weighted by Gasteiger charge is 2.52. The van der Waals surface area contributed by atoms with Crippen LogP contribution in [0.1, 0.15) is 16.7 Å². The first-order chi connectivity index (χ1) is 27.7. The molecule has 262 valence electrons. The first kappa shape index (κ1) is 30.0. The average molecular weight is 716 g/mol. The largest absolute Gasteiger partial charge is 0.315 e. The zero-order chi connectivity index (χ0) is 36.7. The minimum atomic E-state index is -0.600. The predicted molar refractivity (Wildman–Crippen MR) is 230 cm³/mol. The molecule has 0 saturated heterocycles. The summed E-state index contributed by atoms with van der Waals surface area (Å²) in [6.07, 6.45) is 0. The molecule has 0 atom stereocenters. The Morgan fingerprint density at radius 2 is 0.893 bits per heavy atom. The highest BCUT2D eigenvalue weighted by Crippen LogP contribution is 2.60. The van der Waals surface area contributed by atoms with Gasteiger partial charge in [0.15, 0.2) is 0 Å². The lowest BCUT2D eigenvalue weighted by Crippen LogP contribution is -2.42. The average Bonchev–Trinajstić information content (AvgIpc) is 3.99. The van der Waals surface area contributed by atoms with Crippen LogP contribution in [-0.4, -0.2) is 25.7 Å². The van der Waals surface area contributed by atoms with Crippen LogP contribution < -0.4 is 4.90 Å². The lowest BCUT2D eigenvalue weighted by Gasteiger charge is -2.43. The first-order valence-electron chi connectivity index (χ1n) is 19.3. The number of imidazole rings is 1. The SMILES string of the molecule is CN1c2cc(-n3c4ccccc4c4cc(-n5c6ccccc6c6ccccc65)ccc43)ccc2C2(c3ccccc3-c3ccccc32)n2c1nc1ccccc12. The van der Waals surface area contributed by atoms with Gasteiger partial charge < -0.3 is 14.0 Å². The molecule has 1 spiro atoms. The van der Waals surface area contributed by atoms with Crippen molar-refractivity contribution in [1.82, 2.24) is 18.7 Å². The van der Waals surface area contributed by atoms with Crippen molar-refractivity contribution in [3.8, 4) is 22.5 Å². The van der Waals surface area contributed by atoms with Gasteiger partial charge in [0.1, 0.15) is 5.54 Å². The van der Waals surface area contributed by atoms with Crippen LogP contribution in [0.15, 0.2) is 182 Å². The smallest absolute Gasteiger partial charge is 0.212 e. The predicted octanol–water partition coefficient (Wildman–Crippen LogP) is 12.1. The molecule has 4 heterocycles. The van der Waals surface area contributed by atoms with E-state index in [0.29, 0.717) is 0 Å². The molecule has 0 fully saturated rings. The Kier molecular flexibility index (Phi) is 5.71. The lowest BCUT2D eigenvalue weighted by atomic mass is 9.77. The number of rotatable bonds is 2. The van der Waals surface area contributed by atoms with Crippen molar-refractivity contribution in [3.05, 3.63) is 199 Å². The van der Waals surface area contributed by atoms with Gasteiger partial charge in [0.05, 0.1) is 38.8 Å². The van der Waals surface area contributed by atoms with E-state index in [1.165, 1.54) is 71.4 Å². The van der Waals surface area contributed by atoms with Gasteiger partial charge in [-0.2, -0.15) is 0 Å². The summed E-state index contributed by atoms with van der Waals surface area (Å²) in [7, 11) is 2.17. The molecule has 0 unspecified atom stereocenters. The van der Waals surface area contributed by atoms with E-state index in [-0.39, 0.29) is 0 Å². The van der Waals surface area contributed by atoms with Gasteiger partial charge in [-0.3, -0.25) is 4.57 Å². The fourth-order valence-electron chi connectivity index (χ4n) is 10.4. The van der Waals surface area contributed by atoms with Gasteiger partial charge >= 0.3 is 0 Å². The Bertz CT molecular complexity index is 3370. The van der Waals surface area contributed by atoms with Gasteiger partial charge in [0.25, 0.3) is 0 Å². The van der Waals surface area contributed by atoms with Crippen LogP contribution in [0.5, 0.6) is 0 Å². The molecule has 2 aliphatic rings. The summed E-state index contributed by atoms with van der Waals surface area (Å²) in [6.45, 7) is 0. The van der Waals surface area contributed by atoms with E-state index in [1.807, 2.05) is 0 Å². The minimum Gasteiger partial charge on any atom is -0.315 e. The van der Waals surface area contributed by atoms with Gasteiger partial charge in [0.2, 0.25) is 5.95 Å². The van der Waals surface area contributed by atoms with Gasteiger partial charge in [-0.15, -0.1) is 0 Å².